The van der Waals surface area contributed by atoms with Crippen LogP contribution in [0.25, 0.3) is 0 Å². The number of rotatable bonds is 1. The maximum Gasteiger partial charge on any atom is 0.124 e. The second-order valence-corrected chi connectivity index (χ2v) is 4.06. The Balaban J connectivity index is 0.000000810. The van der Waals surface area contributed by atoms with E-state index < -0.39 is 0 Å². The molecule has 1 fully saturated rings. The quantitative estimate of drug-likeness (QED) is 0.541. The zero-order valence-electron chi connectivity index (χ0n) is 6.97. The molecule has 0 spiro atoms. The van der Waals surface area contributed by atoms with Gasteiger partial charge < -0.3 is 4.79 Å². The van der Waals surface area contributed by atoms with Crippen molar-refractivity contribution in [3.8, 4) is 0 Å². The van der Waals surface area contributed by atoms with Gasteiger partial charge in [0.2, 0.25) is 0 Å². The van der Waals surface area contributed by atoms with Crippen molar-refractivity contribution in [2.45, 2.75) is 27.7 Å². The summed E-state index contributed by atoms with van der Waals surface area (Å²) in [7, 11) is 0. The SMILES string of the molecule is CC1(C)C(C=O)C1(C)C.Cl. The van der Waals surface area contributed by atoms with Crippen molar-refractivity contribution in [3.05, 3.63) is 0 Å². The Bertz CT molecular complexity index is 135. The molecule has 10 heavy (non-hydrogen) atoms. The number of aldehydes is 1. The van der Waals surface area contributed by atoms with Gasteiger partial charge in [0, 0.05) is 5.92 Å². The second kappa shape index (κ2) is 2.23. The Labute approximate surface area is 68.6 Å². The number of hydrogen-bond acceptors (Lipinski definition) is 1. The number of carbonyl (C=O) groups excluding carboxylic acids is 1. The predicted molar refractivity (Wildman–Crippen MR) is 44.4 cm³/mol. The van der Waals surface area contributed by atoms with Gasteiger partial charge in [0.15, 0.2) is 0 Å². The van der Waals surface area contributed by atoms with E-state index in [2.05, 4.69) is 27.7 Å². The van der Waals surface area contributed by atoms with Gasteiger partial charge in [0.25, 0.3) is 0 Å². The molecule has 0 radical (unpaired) electrons. The number of hydrogen-bond donors (Lipinski definition) is 0. The fourth-order valence-corrected chi connectivity index (χ4v) is 1.59. The molecule has 0 aromatic rings. The monoisotopic (exact) mass is 162 g/mol. The third kappa shape index (κ3) is 0.878. The summed E-state index contributed by atoms with van der Waals surface area (Å²) in [6.07, 6.45) is 1.08. The van der Waals surface area contributed by atoms with Gasteiger partial charge in [-0.25, -0.2) is 0 Å². The first-order chi connectivity index (χ1) is 3.94. The Morgan fingerprint density at radius 3 is 1.40 bits per heavy atom. The van der Waals surface area contributed by atoms with Crippen molar-refractivity contribution >= 4 is 18.7 Å². The van der Waals surface area contributed by atoms with Crippen LogP contribution in [0, 0.1) is 16.7 Å². The summed E-state index contributed by atoms with van der Waals surface area (Å²) in [5.41, 5.74) is 0.490. The Hall–Kier alpha value is -0.0400. The molecular weight excluding hydrogens is 148 g/mol. The average Bonchev–Trinajstić information content (AvgIpc) is 2.00. The van der Waals surface area contributed by atoms with Crippen LogP contribution >= 0.6 is 12.4 Å². The molecule has 0 bridgehead atoms. The van der Waals surface area contributed by atoms with Crippen LogP contribution in [0.1, 0.15) is 27.7 Å². The zero-order chi connectivity index (χ0) is 7.28. The molecule has 0 aliphatic heterocycles. The molecule has 1 rings (SSSR count). The minimum absolute atomic E-state index is 0. The minimum atomic E-state index is 0. The van der Waals surface area contributed by atoms with E-state index in [1.807, 2.05) is 0 Å². The molecule has 0 saturated heterocycles. The van der Waals surface area contributed by atoms with Crippen molar-refractivity contribution in [2.75, 3.05) is 0 Å². The van der Waals surface area contributed by atoms with Gasteiger partial charge in [-0.1, -0.05) is 27.7 Å². The third-order valence-electron chi connectivity index (χ3n) is 3.27. The highest BCUT2D eigenvalue weighted by Gasteiger charge is 2.64. The molecule has 0 atom stereocenters. The summed E-state index contributed by atoms with van der Waals surface area (Å²) in [6, 6.07) is 0. The van der Waals surface area contributed by atoms with Crippen LogP contribution in [0.15, 0.2) is 0 Å². The first-order valence-electron chi connectivity index (χ1n) is 3.40. The van der Waals surface area contributed by atoms with E-state index in [-0.39, 0.29) is 29.2 Å². The van der Waals surface area contributed by atoms with Gasteiger partial charge in [-0.05, 0) is 10.8 Å². The van der Waals surface area contributed by atoms with Crippen LogP contribution in [-0.2, 0) is 4.79 Å². The molecule has 1 aliphatic rings. The van der Waals surface area contributed by atoms with Crippen LogP contribution in [0.2, 0.25) is 0 Å². The lowest BCUT2D eigenvalue weighted by atomic mass is 10.0. The molecule has 0 amide bonds. The van der Waals surface area contributed by atoms with Crippen molar-refractivity contribution in [3.63, 3.8) is 0 Å². The van der Waals surface area contributed by atoms with E-state index in [1.54, 1.807) is 0 Å². The highest BCUT2D eigenvalue weighted by molar-refractivity contribution is 5.85. The lowest BCUT2D eigenvalue weighted by molar-refractivity contribution is -0.109. The van der Waals surface area contributed by atoms with Gasteiger partial charge in [-0.2, -0.15) is 0 Å². The fourth-order valence-electron chi connectivity index (χ4n) is 1.59. The standard InChI is InChI=1S/C8H14O.ClH/c1-7(2)6(5-9)8(7,3)4;/h5-6H,1-4H3;1H. The highest BCUT2D eigenvalue weighted by atomic mass is 35.5. The molecular formula is C8H15ClO. The number of halogens is 1. The Kier molecular flexibility index (Phi) is 2.22. The van der Waals surface area contributed by atoms with Crippen LogP contribution in [-0.4, -0.2) is 6.29 Å². The summed E-state index contributed by atoms with van der Waals surface area (Å²) < 4.78 is 0. The summed E-state index contributed by atoms with van der Waals surface area (Å²) >= 11 is 0. The molecule has 1 nitrogen and oxygen atoms in total. The molecule has 0 heterocycles. The van der Waals surface area contributed by atoms with E-state index in [0.29, 0.717) is 0 Å². The molecule has 0 aromatic carbocycles. The predicted octanol–water partition coefficient (Wildman–Crippen LogP) is 2.29. The first-order valence-corrected chi connectivity index (χ1v) is 3.40. The van der Waals surface area contributed by atoms with E-state index in [4.69, 9.17) is 0 Å². The van der Waals surface area contributed by atoms with Crippen LogP contribution in [0.3, 0.4) is 0 Å². The van der Waals surface area contributed by atoms with Gasteiger partial charge in [0.1, 0.15) is 6.29 Å². The molecule has 60 valence electrons. The maximum absolute atomic E-state index is 10.4. The first kappa shape index (κ1) is 9.96. The Morgan fingerprint density at radius 1 is 1.10 bits per heavy atom. The summed E-state index contributed by atoms with van der Waals surface area (Å²) in [5, 5.41) is 0. The van der Waals surface area contributed by atoms with Crippen molar-refractivity contribution in [1.82, 2.24) is 0 Å². The molecule has 0 unspecified atom stereocenters. The topological polar surface area (TPSA) is 17.1 Å². The maximum atomic E-state index is 10.4. The zero-order valence-corrected chi connectivity index (χ0v) is 7.79. The average molecular weight is 163 g/mol. The van der Waals surface area contributed by atoms with Crippen LogP contribution in [0.4, 0.5) is 0 Å². The lowest BCUT2D eigenvalue weighted by Crippen LogP contribution is -1.95. The van der Waals surface area contributed by atoms with E-state index in [1.165, 1.54) is 0 Å². The van der Waals surface area contributed by atoms with Gasteiger partial charge in [-0.3, -0.25) is 0 Å². The van der Waals surface area contributed by atoms with Gasteiger partial charge in [0.05, 0.1) is 0 Å². The second-order valence-electron chi connectivity index (χ2n) is 4.06. The van der Waals surface area contributed by atoms with Crippen molar-refractivity contribution in [1.29, 1.82) is 0 Å². The van der Waals surface area contributed by atoms with Crippen LogP contribution < -0.4 is 0 Å². The van der Waals surface area contributed by atoms with E-state index >= 15 is 0 Å². The smallest absolute Gasteiger partial charge is 0.124 e. The van der Waals surface area contributed by atoms with E-state index in [0.717, 1.165) is 6.29 Å². The summed E-state index contributed by atoms with van der Waals surface area (Å²) in [6.45, 7) is 8.58. The Morgan fingerprint density at radius 2 is 1.40 bits per heavy atom. The van der Waals surface area contributed by atoms with Crippen molar-refractivity contribution < 1.29 is 4.79 Å². The highest BCUT2D eigenvalue weighted by Crippen LogP contribution is 2.67. The third-order valence-corrected chi connectivity index (χ3v) is 3.27. The molecule has 0 aromatic heterocycles. The largest absolute Gasteiger partial charge is 0.303 e. The molecule has 0 N–H and O–H groups in total. The lowest BCUT2D eigenvalue weighted by Gasteiger charge is -2.03. The minimum Gasteiger partial charge on any atom is -0.303 e. The fraction of sp³-hybridized carbons (Fsp3) is 0.875. The van der Waals surface area contributed by atoms with E-state index in [9.17, 15) is 4.79 Å². The van der Waals surface area contributed by atoms with Gasteiger partial charge >= 0.3 is 0 Å². The molecule has 1 saturated carbocycles. The normalized spacial score (nSPS) is 26.8. The summed E-state index contributed by atoms with van der Waals surface area (Å²) in [5.74, 6) is 0.282. The molecule has 1 aliphatic carbocycles. The summed E-state index contributed by atoms with van der Waals surface area (Å²) in [4.78, 5) is 10.4. The van der Waals surface area contributed by atoms with Crippen molar-refractivity contribution in [2.24, 2.45) is 16.7 Å². The van der Waals surface area contributed by atoms with Crippen LogP contribution in [0.5, 0.6) is 0 Å². The van der Waals surface area contributed by atoms with Gasteiger partial charge in [-0.15, -0.1) is 12.4 Å². The molecule has 2 heteroatoms. The number of carbonyl (C=O) groups is 1.